The van der Waals surface area contributed by atoms with Gasteiger partial charge in [-0.3, -0.25) is 0 Å². The highest BCUT2D eigenvalue weighted by Gasteiger charge is 2.17. The monoisotopic (exact) mass is 223 g/mol. The second-order valence-electron chi connectivity index (χ2n) is 2.49. The van der Waals surface area contributed by atoms with Gasteiger partial charge in [-0.05, 0) is 6.07 Å². The molecule has 0 fully saturated rings. The Morgan fingerprint density at radius 3 is 2.71 bits per heavy atom. The van der Waals surface area contributed by atoms with Gasteiger partial charge in [-0.2, -0.15) is 0 Å². The molecule has 1 N–H and O–H groups in total. The predicted octanol–water partition coefficient (Wildman–Crippen LogP) is 2.47. The molecule has 0 saturated heterocycles. The van der Waals surface area contributed by atoms with Crippen molar-refractivity contribution in [3.05, 3.63) is 17.3 Å². The molecule has 1 aromatic heterocycles. The summed E-state index contributed by atoms with van der Waals surface area (Å²) in [6.07, 6.45) is -2.71. The highest BCUT2D eigenvalue weighted by molar-refractivity contribution is 6.17. The third-order valence-corrected chi connectivity index (χ3v) is 1.89. The first-order valence-electron chi connectivity index (χ1n) is 3.71. The lowest BCUT2D eigenvalue weighted by Crippen LogP contribution is -1.99. The summed E-state index contributed by atoms with van der Waals surface area (Å²) in [5, 5.41) is 9.20. The Morgan fingerprint density at radius 2 is 2.29 bits per heavy atom. The third kappa shape index (κ3) is 2.04. The fourth-order valence-electron chi connectivity index (χ4n) is 0.983. The van der Waals surface area contributed by atoms with Crippen molar-refractivity contribution >= 4 is 11.6 Å². The largest absolute Gasteiger partial charge is 0.503 e. The summed E-state index contributed by atoms with van der Waals surface area (Å²) in [4.78, 5) is 3.65. The van der Waals surface area contributed by atoms with Crippen molar-refractivity contribution in [1.29, 1.82) is 0 Å². The van der Waals surface area contributed by atoms with Crippen LogP contribution in [0.3, 0.4) is 0 Å². The molecule has 6 heteroatoms. The molecule has 0 amide bonds. The van der Waals surface area contributed by atoms with Crippen LogP contribution in [0.5, 0.6) is 11.6 Å². The maximum absolute atomic E-state index is 12.4. The van der Waals surface area contributed by atoms with Crippen molar-refractivity contribution in [1.82, 2.24) is 4.98 Å². The normalized spacial score (nSPS) is 10.6. The molecule has 78 valence electrons. The molecule has 0 saturated carbocycles. The van der Waals surface area contributed by atoms with Gasteiger partial charge in [0.1, 0.15) is 0 Å². The molecule has 0 unspecified atom stereocenters. The van der Waals surface area contributed by atoms with Crippen molar-refractivity contribution in [3.8, 4) is 11.6 Å². The molecular weight excluding hydrogens is 216 g/mol. The number of ether oxygens (including phenoxy) is 1. The van der Waals surface area contributed by atoms with E-state index < -0.39 is 12.2 Å². The number of hydrogen-bond acceptors (Lipinski definition) is 3. The molecule has 0 atom stereocenters. The number of aromatic nitrogens is 1. The molecule has 1 aromatic rings. The van der Waals surface area contributed by atoms with Gasteiger partial charge in [0, 0.05) is 5.56 Å². The Morgan fingerprint density at radius 1 is 1.64 bits per heavy atom. The number of alkyl halides is 3. The van der Waals surface area contributed by atoms with E-state index in [4.69, 9.17) is 11.6 Å². The molecule has 1 heterocycles. The van der Waals surface area contributed by atoms with Crippen molar-refractivity contribution in [2.45, 2.75) is 12.3 Å². The average molecular weight is 224 g/mol. The van der Waals surface area contributed by atoms with Crippen LogP contribution in [-0.2, 0) is 5.88 Å². The zero-order chi connectivity index (χ0) is 10.7. The summed E-state index contributed by atoms with van der Waals surface area (Å²) in [5.74, 6) is -0.683. The first-order valence-corrected chi connectivity index (χ1v) is 4.24. The number of nitrogens with zero attached hydrogens (tertiary/aromatic N) is 1. The smallest absolute Gasteiger partial charge is 0.265 e. The Kier molecular flexibility index (Phi) is 3.46. The highest BCUT2D eigenvalue weighted by Crippen LogP contribution is 2.31. The van der Waals surface area contributed by atoms with Crippen LogP contribution in [-0.4, -0.2) is 17.2 Å². The molecule has 0 bridgehead atoms. The number of methoxy groups -OCH3 is 1. The molecule has 14 heavy (non-hydrogen) atoms. The van der Waals surface area contributed by atoms with Gasteiger partial charge in [0.15, 0.2) is 5.75 Å². The zero-order valence-electron chi connectivity index (χ0n) is 7.30. The fraction of sp³-hybridized carbons (Fsp3) is 0.375. The Bertz CT molecular complexity index is 333. The van der Waals surface area contributed by atoms with Crippen molar-refractivity contribution < 1.29 is 18.6 Å². The lowest BCUT2D eigenvalue weighted by Gasteiger charge is -2.08. The van der Waals surface area contributed by atoms with Gasteiger partial charge in [-0.1, -0.05) is 0 Å². The van der Waals surface area contributed by atoms with E-state index in [-0.39, 0.29) is 23.0 Å². The quantitative estimate of drug-likeness (QED) is 0.801. The second-order valence-corrected chi connectivity index (χ2v) is 2.75. The molecule has 1 rings (SSSR count). The van der Waals surface area contributed by atoms with E-state index in [1.165, 1.54) is 7.11 Å². The zero-order valence-corrected chi connectivity index (χ0v) is 8.05. The Labute approximate surface area is 84.3 Å². The van der Waals surface area contributed by atoms with E-state index in [2.05, 4.69) is 9.72 Å². The maximum atomic E-state index is 12.4. The van der Waals surface area contributed by atoms with Crippen LogP contribution in [0.4, 0.5) is 8.78 Å². The maximum Gasteiger partial charge on any atom is 0.265 e. The lowest BCUT2D eigenvalue weighted by atomic mass is 10.2. The second kappa shape index (κ2) is 4.41. The van der Waals surface area contributed by atoms with Gasteiger partial charge in [0.2, 0.25) is 0 Å². The van der Waals surface area contributed by atoms with E-state index in [1.54, 1.807) is 0 Å². The van der Waals surface area contributed by atoms with Gasteiger partial charge in [-0.25, -0.2) is 13.8 Å². The van der Waals surface area contributed by atoms with Gasteiger partial charge in [0.25, 0.3) is 12.3 Å². The van der Waals surface area contributed by atoms with E-state index >= 15 is 0 Å². The summed E-state index contributed by atoms with van der Waals surface area (Å²) in [6, 6.07) is 0.911. The van der Waals surface area contributed by atoms with Crippen LogP contribution >= 0.6 is 11.6 Å². The molecule has 0 radical (unpaired) electrons. The first kappa shape index (κ1) is 11.0. The molecule has 0 aliphatic heterocycles. The molecule has 0 aromatic carbocycles. The first-order chi connectivity index (χ1) is 6.60. The van der Waals surface area contributed by atoms with Gasteiger partial charge >= 0.3 is 0 Å². The minimum absolute atomic E-state index is 0.0105. The molecule has 0 aliphatic rings. The summed E-state index contributed by atoms with van der Waals surface area (Å²) in [7, 11) is 1.28. The summed E-state index contributed by atoms with van der Waals surface area (Å²) in [5.41, 5.74) is -0.366. The van der Waals surface area contributed by atoms with Crippen molar-refractivity contribution in [2.75, 3.05) is 7.11 Å². The van der Waals surface area contributed by atoms with Gasteiger partial charge in [-0.15, -0.1) is 11.6 Å². The third-order valence-electron chi connectivity index (χ3n) is 1.64. The SMILES string of the molecule is COc1nc(CCl)c(C(F)F)cc1O. The fourth-order valence-corrected chi connectivity index (χ4v) is 1.20. The topological polar surface area (TPSA) is 42.4 Å². The highest BCUT2D eigenvalue weighted by atomic mass is 35.5. The molecule has 0 aliphatic carbocycles. The summed E-state index contributed by atoms with van der Waals surface area (Å²) in [6.45, 7) is 0. The van der Waals surface area contributed by atoms with Gasteiger partial charge in [0.05, 0.1) is 18.7 Å². The van der Waals surface area contributed by atoms with Crippen LogP contribution in [0.15, 0.2) is 6.07 Å². The van der Waals surface area contributed by atoms with E-state index in [1.807, 2.05) is 0 Å². The van der Waals surface area contributed by atoms with E-state index in [9.17, 15) is 13.9 Å². The minimum Gasteiger partial charge on any atom is -0.503 e. The molecular formula is C8H8ClF2NO2. The Hall–Kier alpha value is -1.10. The Balaban J connectivity index is 3.24. The number of hydrogen-bond donors (Lipinski definition) is 1. The number of aromatic hydroxyl groups is 1. The number of pyridine rings is 1. The predicted molar refractivity (Wildman–Crippen MR) is 47.0 cm³/mol. The van der Waals surface area contributed by atoms with Crippen LogP contribution in [0, 0.1) is 0 Å². The number of rotatable bonds is 3. The number of halogens is 3. The summed E-state index contributed by atoms with van der Waals surface area (Å²) >= 11 is 5.42. The van der Waals surface area contributed by atoms with Crippen LogP contribution in [0.2, 0.25) is 0 Å². The van der Waals surface area contributed by atoms with Gasteiger partial charge < -0.3 is 9.84 Å². The van der Waals surface area contributed by atoms with Crippen LogP contribution in [0.25, 0.3) is 0 Å². The van der Waals surface area contributed by atoms with Crippen molar-refractivity contribution in [2.24, 2.45) is 0 Å². The van der Waals surface area contributed by atoms with Crippen LogP contribution < -0.4 is 4.74 Å². The molecule has 0 spiro atoms. The minimum atomic E-state index is -2.71. The van der Waals surface area contributed by atoms with E-state index in [0.29, 0.717) is 0 Å². The lowest BCUT2D eigenvalue weighted by molar-refractivity contribution is 0.149. The van der Waals surface area contributed by atoms with Crippen LogP contribution in [0.1, 0.15) is 17.7 Å². The van der Waals surface area contributed by atoms with Crippen molar-refractivity contribution in [3.63, 3.8) is 0 Å². The average Bonchev–Trinajstić information content (AvgIpc) is 2.17. The van der Waals surface area contributed by atoms with E-state index in [0.717, 1.165) is 6.07 Å². The molecule has 3 nitrogen and oxygen atoms in total. The standard InChI is InChI=1S/C8H8ClF2NO2/c1-14-8-6(13)2-4(7(10)11)5(3-9)12-8/h2,7,13H,3H2,1H3. The summed E-state index contributed by atoms with van der Waals surface area (Å²) < 4.78 is 29.4.